The molecule has 1 fully saturated rings. The molecule has 0 saturated carbocycles. The van der Waals surface area contributed by atoms with Gasteiger partial charge in [-0.15, -0.1) is 0 Å². The van der Waals surface area contributed by atoms with Gasteiger partial charge in [-0.2, -0.15) is 0 Å². The smallest absolute Gasteiger partial charge is 0.256 e. The highest BCUT2D eigenvalue weighted by molar-refractivity contribution is 5.85. The second kappa shape index (κ2) is 5.94. The molecule has 0 radical (unpaired) electrons. The minimum absolute atomic E-state index is 0.104. The molecule has 21 heavy (non-hydrogen) atoms. The van der Waals surface area contributed by atoms with E-state index in [1.807, 2.05) is 67.6 Å². The van der Waals surface area contributed by atoms with E-state index in [2.05, 4.69) is 5.32 Å². The van der Waals surface area contributed by atoms with Crippen LogP contribution >= 0.6 is 0 Å². The summed E-state index contributed by atoms with van der Waals surface area (Å²) in [6.07, 6.45) is 3.02. The van der Waals surface area contributed by atoms with E-state index >= 15 is 0 Å². The van der Waals surface area contributed by atoms with Gasteiger partial charge in [0.25, 0.3) is 5.91 Å². The summed E-state index contributed by atoms with van der Waals surface area (Å²) < 4.78 is 5.46. The summed E-state index contributed by atoms with van der Waals surface area (Å²) in [4.78, 5) is 12.0. The molecule has 2 aromatic carbocycles. The largest absolute Gasteiger partial charge is 0.354 e. The van der Waals surface area contributed by atoms with Crippen molar-refractivity contribution in [3.05, 3.63) is 77.5 Å². The minimum atomic E-state index is -0.381. The van der Waals surface area contributed by atoms with Crippen molar-refractivity contribution in [3.63, 3.8) is 0 Å². The number of aryl methyl sites for hydroxylation is 1. The fraction of sp³-hybridized carbons (Fsp3) is 0.167. The Bertz CT molecular complexity index is 647. The van der Waals surface area contributed by atoms with Gasteiger partial charge >= 0.3 is 0 Å². The second-order valence-electron chi connectivity index (χ2n) is 5.14. The average Bonchev–Trinajstić information content (AvgIpc) is 3.30. The first kappa shape index (κ1) is 13.6. The molecule has 1 saturated heterocycles. The zero-order chi connectivity index (χ0) is 14.7. The number of benzene rings is 2. The van der Waals surface area contributed by atoms with Crippen LogP contribution in [0.4, 0.5) is 0 Å². The zero-order valence-corrected chi connectivity index (χ0v) is 11.8. The highest BCUT2D eigenvalue weighted by atomic mass is 16.6. The molecule has 0 spiro atoms. The number of nitrogens with one attached hydrogen (secondary N) is 1. The van der Waals surface area contributed by atoms with Gasteiger partial charge < -0.3 is 10.1 Å². The molecule has 106 valence electrons. The van der Waals surface area contributed by atoms with E-state index in [0.29, 0.717) is 0 Å². The molecule has 3 nitrogen and oxygen atoms in total. The van der Waals surface area contributed by atoms with E-state index in [9.17, 15) is 4.79 Å². The van der Waals surface area contributed by atoms with Gasteiger partial charge in [-0.3, -0.25) is 4.79 Å². The van der Waals surface area contributed by atoms with Crippen LogP contribution in [-0.2, 0) is 9.53 Å². The van der Waals surface area contributed by atoms with E-state index < -0.39 is 0 Å². The molecule has 2 atom stereocenters. The van der Waals surface area contributed by atoms with Crippen LogP contribution in [-0.4, -0.2) is 12.0 Å². The minimum Gasteiger partial charge on any atom is -0.354 e. The molecule has 1 heterocycles. The lowest BCUT2D eigenvalue weighted by Gasteiger charge is -1.98. The lowest BCUT2D eigenvalue weighted by Crippen LogP contribution is -2.23. The summed E-state index contributed by atoms with van der Waals surface area (Å²) in [5.74, 6) is -0.104. The first-order chi connectivity index (χ1) is 10.2. The van der Waals surface area contributed by atoms with Crippen molar-refractivity contribution >= 4 is 12.0 Å². The van der Waals surface area contributed by atoms with Gasteiger partial charge in [-0.25, -0.2) is 0 Å². The van der Waals surface area contributed by atoms with E-state index in [4.69, 9.17) is 4.74 Å². The van der Waals surface area contributed by atoms with Crippen LogP contribution < -0.4 is 5.32 Å². The second-order valence-corrected chi connectivity index (χ2v) is 5.14. The van der Waals surface area contributed by atoms with Gasteiger partial charge in [-0.05, 0) is 24.1 Å². The van der Waals surface area contributed by atoms with E-state index in [0.717, 1.165) is 11.1 Å². The average molecular weight is 279 g/mol. The predicted molar refractivity (Wildman–Crippen MR) is 82.4 cm³/mol. The van der Waals surface area contributed by atoms with Crippen LogP contribution in [0.15, 0.2) is 60.8 Å². The Morgan fingerprint density at radius 3 is 2.52 bits per heavy atom. The molecule has 1 N–H and O–H groups in total. The lowest BCUT2D eigenvalue weighted by molar-refractivity contribution is -0.121. The Balaban J connectivity index is 1.53. The third kappa shape index (κ3) is 3.38. The number of carbonyl (C=O) groups excluding carboxylic acids is 1. The van der Waals surface area contributed by atoms with Gasteiger partial charge in [0.2, 0.25) is 0 Å². The monoisotopic (exact) mass is 279 g/mol. The first-order valence-electron chi connectivity index (χ1n) is 6.98. The van der Waals surface area contributed by atoms with Gasteiger partial charge in [0.15, 0.2) is 6.10 Å². The third-order valence-electron chi connectivity index (χ3n) is 3.46. The van der Waals surface area contributed by atoms with Gasteiger partial charge in [0.05, 0.1) is 0 Å². The van der Waals surface area contributed by atoms with Crippen molar-refractivity contribution in [1.82, 2.24) is 5.32 Å². The van der Waals surface area contributed by atoms with Crippen molar-refractivity contribution < 1.29 is 9.53 Å². The summed E-state index contributed by atoms with van der Waals surface area (Å²) >= 11 is 0. The van der Waals surface area contributed by atoms with Gasteiger partial charge in [0, 0.05) is 6.20 Å². The maximum atomic E-state index is 12.0. The Labute approximate surface area is 124 Å². The molecule has 2 aromatic rings. The van der Waals surface area contributed by atoms with Crippen LogP contribution in [0.25, 0.3) is 6.08 Å². The summed E-state index contributed by atoms with van der Waals surface area (Å²) in [5, 5.41) is 2.76. The summed E-state index contributed by atoms with van der Waals surface area (Å²) in [6, 6.07) is 17.9. The molecule has 3 heteroatoms. The third-order valence-corrected chi connectivity index (χ3v) is 3.46. The van der Waals surface area contributed by atoms with Gasteiger partial charge in [-0.1, -0.05) is 60.2 Å². The normalized spacial score (nSPS) is 20.4. The maximum absolute atomic E-state index is 12.0. The Morgan fingerprint density at radius 1 is 1.10 bits per heavy atom. The molecule has 0 bridgehead atoms. The Kier molecular flexibility index (Phi) is 3.84. The Hall–Kier alpha value is -2.39. The molecular formula is C18H17NO2. The summed E-state index contributed by atoms with van der Waals surface area (Å²) in [7, 11) is 0. The van der Waals surface area contributed by atoms with E-state index in [1.54, 1.807) is 6.20 Å². The molecular weight excluding hydrogens is 262 g/mol. The summed E-state index contributed by atoms with van der Waals surface area (Å²) in [6.45, 7) is 2.04. The van der Waals surface area contributed by atoms with E-state index in [-0.39, 0.29) is 18.1 Å². The van der Waals surface area contributed by atoms with Crippen LogP contribution in [0.2, 0.25) is 0 Å². The molecule has 1 aliphatic rings. The fourth-order valence-corrected chi connectivity index (χ4v) is 2.19. The van der Waals surface area contributed by atoms with E-state index in [1.165, 1.54) is 5.56 Å². The Morgan fingerprint density at radius 2 is 1.81 bits per heavy atom. The number of hydrogen-bond donors (Lipinski definition) is 1. The van der Waals surface area contributed by atoms with Crippen molar-refractivity contribution in [1.29, 1.82) is 0 Å². The molecule has 1 amide bonds. The molecule has 0 aliphatic carbocycles. The van der Waals surface area contributed by atoms with Crippen molar-refractivity contribution in [2.45, 2.75) is 19.1 Å². The van der Waals surface area contributed by atoms with Crippen molar-refractivity contribution in [2.24, 2.45) is 0 Å². The van der Waals surface area contributed by atoms with Crippen LogP contribution in [0.1, 0.15) is 22.8 Å². The number of amides is 1. The number of rotatable bonds is 4. The lowest BCUT2D eigenvalue weighted by atomic mass is 10.1. The molecule has 0 aromatic heterocycles. The van der Waals surface area contributed by atoms with Crippen molar-refractivity contribution in [3.8, 4) is 0 Å². The van der Waals surface area contributed by atoms with Crippen LogP contribution in [0.3, 0.4) is 0 Å². The number of epoxide rings is 1. The zero-order valence-electron chi connectivity index (χ0n) is 11.8. The molecule has 1 aliphatic heterocycles. The predicted octanol–water partition coefficient (Wildman–Crippen LogP) is 3.22. The van der Waals surface area contributed by atoms with Gasteiger partial charge in [0.1, 0.15) is 6.10 Å². The number of hydrogen-bond acceptors (Lipinski definition) is 2. The molecule has 0 unspecified atom stereocenters. The maximum Gasteiger partial charge on any atom is 0.256 e. The highest BCUT2D eigenvalue weighted by Gasteiger charge is 2.45. The SMILES string of the molecule is Cc1ccc([C@H]2O[C@@H]2C(=O)N/C=C\c2ccccc2)cc1. The first-order valence-corrected chi connectivity index (χ1v) is 6.98. The number of ether oxygens (including phenoxy) is 1. The highest BCUT2D eigenvalue weighted by Crippen LogP contribution is 2.38. The number of carbonyl (C=O) groups is 1. The fourth-order valence-electron chi connectivity index (χ4n) is 2.19. The van der Waals surface area contributed by atoms with Crippen LogP contribution in [0, 0.1) is 6.92 Å². The van der Waals surface area contributed by atoms with Crippen LogP contribution in [0.5, 0.6) is 0 Å². The quantitative estimate of drug-likeness (QED) is 0.873. The standard InChI is InChI=1S/C18H17NO2/c1-13-7-9-15(10-8-13)16-17(21-16)18(20)19-12-11-14-5-3-2-4-6-14/h2-12,16-17H,1H3,(H,19,20)/b12-11-/t16-,17+/m1/s1. The van der Waals surface area contributed by atoms with Crippen molar-refractivity contribution in [2.75, 3.05) is 0 Å². The molecule has 3 rings (SSSR count). The topological polar surface area (TPSA) is 41.6 Å². The summed E-state index contributed by atoms with van der Waals surface area (Å²) in [5.41, 5.74) is 3.29.